The highest BCUT2D eigenvalue weighted by Gasteiger charge is 2.28. The summed E-state index contributed by atoms with van der Waals surface area (Å²) >= 11 is 0. The van der Waals surface area contributed by atoms with Crippen LogP contribution in [-0.2, 0) is 0 Å². The van der Waals surface area contributed by atoms with Crippen LogP contribution in [0.25, 0.3) is 0 Å². The maximum Gasteiger partial charge on any atom is 0.339 e. The highest BCUT2D eigenvalue weighted by Crippen LogP contribution is 2.37. The van der Waals surface area contributed by atoms with Crippen molar-refractivity contribution < 1.29 is 9.90 Å². The number of pyridine rings is 1. The molecule has 1 aliphatic carbocycles. The van der Waals surface area contributed by atoms with Crippen molar-refractivity contribution in [2.75, 3.05) is 11.9 Å². The molecule has 4 heteroatoms. The first-order valence-corrected chi connectivity index (χ1v) is 6.44. The van der Waals surface area contributed by atoms with Gasteiger partial charge in [0.15, 0.2) is 0 Å². The second kappa shape index (κ2) is 4.96. The van der Waals surface area contributed by atoms with Gasteiger partial charge >= 0.3 is 5.97 Å². The van der Waals surface area contributed by atoms with Crippen molar-refractivity contribution in [2.45, 2.75) is 39.5 Å². The molecular weight excluding hydrogens is 228 g/mol. The number of aromatic nitrogens is 1. The average molecular weight is 248 g/mol. The fraction of sp³-hybridized carbons (Fsp3) is 0.571. The number of anilines is 1. The van der Waals surface area contributed by atoms with Gasteiger partial charge in [-0.25, -0.2) is 4.79 Å². The third-order valence-electron chi connectivity index (χ3n) is 3.79. The SMILES string of the molecule is Cc1cc(NCC2(C)CCCC2)c(C(=O)O)cn1. The molecule has 0 spiro atoms. The molecular formula is C14H20N2O2. The third kappa shape index (κ3) is 2.81. The Balaban J connectivity index is 2.12. The second-order valence-electron chi connectivity index (χ2n) is 5.55. The summed E-state index contributed by atoms with van der Waals surface area (Å²) in [6.07, 6.45) is 6.41. The first kappa shape index (κ1) is 12.9. The highest BCUT2D eigenvalue weighted by atomic mass is 16.4. The van der Waals surface area contributed by atoms with Crippen LogP contribution in [0.4, 0.5) is 5.69 Å². The van der Waals surface area contributed by atoms with Crippen LogP contribution < -0.4 is 5.32 Å². The minimum atomic E-state index is -0.929. The van der Waals surface area contributed by atoms with Crippen molar-refractivity contribution in [3.8, 4) is 0 Å². The van der Waals surface area contributed by atoms with E-state index < -0.39 is 5.97 Å². The molecule has 18 heavy (non-hydrogen) atoms. The average Bonchev–Trinajstić information content (AvgIpc) is 2.74. The number of nitrogens with zero attached hydrogens (tertiary/aromatic N) is 1. The molecule has 0 radical (unpaired) electrons. The molecule has 1 saturated carbocycles. The molecule has 0 aromatic carbocycles. The minimum absolute atomic E-state index is 0.252. The Morgan fingerprint density at radius 2 is 2.17 bits per heavy atom. The Morgan fingerprint density at radius 3 is 2.78 bits per heavy atom. The minimum Gasteiger partial charge on any atom is -0.478 e. The molecule has 2 N–H and O–H groups in total. The first-order chi connectivity index (χ1) is 8.50. The van der Waals surface area contributed by atoms with E-state index in [1.165, 1.54) is 31.9 Å². The predicted molar refractivity (Wildman–Crippen MR) is 71.0 cm³/mol. The van der Waals surface area contributed by atoms with Gasteiger partial charge in [-0.3, -0.25) is 4.98 Å². The molecule has 0 bridgehead atoms. The van der Waals surface area contributed by atoms with Gasteiger partial charge in [-0.15, -0.1) is 0 Å². The molecule has 1 aliphatic rings. The Bertz CT molecular complexity index is 451. The standard InChI is InChI=1S/C14H20N2O2/c1-10-7-12(11(8-15-10)13(17)18)16-9-14(2)5-3-4-6-14/h7-8H,3-6,9H2,1-2H3,(H,15,16)(H,17,18). The maximum atomic E-state index is 11.1. The second-order valence-corrected chi connectivity index (χ2v) is 5.55. The van der Waals surface area contributed by atoms with Crippen LogP contribution in [0, 0.1) is 12.3 Å². The van der Waals surface area contributed by atoms with Crippen molar-refractivity contribution in [3.05, 3.63) is 23.5 Å². The summed E-state index contributed by atoms with van der Waals surface area (Å²) in [7, 11) is 0. The lowest BCUT2D eigenvalue weighted by molar-refractivity contribution is 0.0697. The first-order valence-electron chi connectivity index (χ1n) is 6.44. The van der Waals surface area contributed by atoms with Gasteiger partial charge in [0.05, 0.1) is 5.69 Å². The van der Waals surface area contributed by atoms with Crippen LogP contribution in [0.2, 0.25) is 0 Å². The lowest BCUT2D eigenvalue weighted by Gasteiger charge is -2.25. The van der Waals surface area contributed by atoms with E-state index in [1.807, 2.05) is 13.0 Å². The Kier molecular flexibility index (Phi) is 3.55. The van der Waals surface area contributed by atoms with E-state index in [9.17, 15) is 4.79 Å². The number of aryl methyl sites for hydroxylation is 1. The zero-order valence-electron chi connectivity index (χ0n) is 11.0. The van der Waals surface area contributed by atoms with Crippen LogP contribution in [0.15, 0.2) is 12.3 Å². The molecule has 0 aliphatic heterocycles. The summed E-state index contributed by atoms with van der Waals surface area (Å²) in [5.41, 5.74) is 2.07. The number of nitrogens with one attached hydrogen (secondary N) is 1. The van der Waals surface area contributed by atoms with Crippen LogP contribution in [0.1, 0.15) is 48.7 Å². The van der Waals surface area contributed by atoms with Crippen LogP contribution in [0.3, 0.4) is 0 Å². The number of carboxylic acids is 1. The van der Waals surface area contributed by atoms with Crippen molar-refractivity contribution in [1.82, 2.24) is 4.98 Å². The lowest BCUT2D eigenvalue weighted by atomic mass is 9.89. The number of hydrogen-bond donors (Lipinski definition) is 2. The molecule has 1 aromatic heterocycles. The zero-order valence-corrected chi connectivity index (χ0v) is 11.0. The van der Waals surface area contributed by atoms with E-state index in [2.05, 4.69) is 17.2 Å². The monoisotopic (exact) mass is 248 g/mol. The van der Waals surface area contributed by atoms with Crippen LogP contribution in [-0.4, -0.2) is 22.6 Å². The number of carbonyl (C=O) groups is 1. The van der Waals surface area contributed by atoms with Crippen LogP contribution >= 0.6 is 0 Å². The summed E-state index contributed by atoms with van der Waals surface area (Å²) in [4.78, 5) is 15.2. The molecule has 1 aromatic rings. The summed E-state index contributed by atoms with van der Waals surface area (Å²) in [5, 5.41) is 12.4. The molecule has 4 nitrogen and oxygen atoms in total. The molecule has 0 atom stereocenters. The van der Waals surface area contributed by atoms with Gasteiger partial charge in [0, 0.05) is 18.4 Å². The number of rotatable bonds is 4. The molecule has 1 fully saturated rings. The quantitative estimate of drug-likeness (QED) is 0.859. The van der Waals surface area contributed by atoms with Gasteiger partial charge in [-0.1, -0.05) is 19.8 Å². The predicted octanol–water partition coefficient (Wildman–Crippen LogP) is 3.08. The Morgan fingerprint density at radius 1 is 1.50 bits per heavy atom. The van der Waals surface area contributed by atoms with E-state index in [-0.39, 0.29) is 5.56 Å². The van der Waals surface area contributed by atoms with E-state index in [4.69, 9.17) is 5.11 Å². The van der Waals surface area contributed by atoms with E-state index in [0.717, 1.165) is 12.2 Å². The normalized spacial score (nSPS) is 17.7. The van der Waals surface area contributed by atoms with Gasteiger partial charge in [0.1, 0.15) is 5.56 Å². The number of carboxylic acid groups (broad SMARTS) is 1. The molecule has 98 valence electrons. The third-order valence-corrected chi connectivity index (χ3v) is 3.79. The largest absolute Gasteiger partial charge is 0.478 e. The van der Waals surface area contributed by atoms with E-state index in [0.29, 0.717) is 11.1 Å². The number of aromatic carboxylic acids is 1. The van der Waals surface area contributed by atoms with Gasteiger partial charge in [0.2, 0.25) is 0 Å². The summed E-state index contributed by atoms with van der Waals surface area (Å²) < 4.78 is 0. The molecule has 2 rings (SSSR count). The highest BCUT2D eigenvalue weighted by molar-refractivity contribution is 5.93. The van der Waals surface area contributed by atoms with Crippen molar-refractivity contribution >= 4 is 11.7 Å². The van der Waals surface area contributed by atoms with Crippen molar-refractivity contribution in [1.29, 1.82) is 0 Å². The number of hydrogen-bond acceptors (Lipinski definition) is 3. The fourth-order valence-electron chi connectivity index (χ4n) is 2.59. The van der Waals surface area contributed by atoms with Gasteiger partial charge < -0.3 is 10.4 Å². The summed E-state index contributed by atoms with van der Waals surface area (Å²) in [6, 6.07) is 1.81. The molecule has 0 unspecified atom stereocenters. The topological polar surface area (TPSA) is 62.2 Å². The van der Waals surface area contributed by atoms with Gasteiger partial charge in [-0.2, -0.15) is 0 Å². The Labute approximate surface area is 107 Å². The van der Waals surface area contributed by atoms with Crippen molar-refractivity contribution in [3.63, 3.8) is 0 Å². The van der Waals surface area contributed by atoms with Gasteiger partial charge in [-0.05, 0) is 31.2 Å². The van der Waals surface area contributed by atoms with Crippen LogP contribution in [0.5, 0.6) is 0 Å². The summed E-state index contributed by atoms with van der Waals surface area (Å²) in [5.74, 6) is -0.929. The molecule has 0 saturated heterocycles. The smallest absolute Gasteiger partial charge is 0.339 e. The fourth-order valence-corrected chi connectivity index (χ4v) is 2.59. The Hall–Kier alpha value is -1.58. The lowest BCUT2D eigenvalue weighted by Crippen LogP contribution is -2.24. The van der Waals surface area contributed by atoms with E-state index in [1.54, 1.807) is 0 Å². The van der Waals surface area contributed by atoms with Gasteiger partial charge in [0.25, 0.3) is 0 Å². The van der Waals surface area contributed by atoms with Crippen molar-refractivity contribution in [2.24, 2.45) is 5.41 Å². The maximum absolute atomic E-state index is 11.1. The van der Waals surface area contributed by atoms with E-state index >= 15 is 0 Å². The zero-order chi connectivity index (χ0) is 13.2. The molecule has 0 amide bonds. The summed E-state index contributed by atoms with van der Waals surface area (Å²) in [6.45, 7) is 4.96. The molecule has 1 heterocycles.